The normalized spacial score (nSPS) is 14.6. The van der Waals surface area contributed by atoms with Crippen molar-refractivity contribution < 1.29 is 75.7 Å². The molecule has 23 heavy (non-hydrogen) atoms. The van der Waals surface area contributed by atoms with Crippen LogP contribution in [0.5, 0.6) is 0 Å². The number of rotatable bonds is 8. The van der Waals surface area contributed by atoms with Gasteiger partial charge in [-0.15, -0.1) is 0 Å². The van der Waals surface area contributed by atoms with Crippen molar-refractivity contribution in [3.63, 3.8) is 0 Å². The van der Waals surface area contributed by atoms with E-state index >= 15 is 0 Å². The summed E-state index contributed by atoms with van der Waals surface area (Å²) in [6.07, 6.45) is -2.40. The average Bonchev–Trinajstić information content (AvgIpc) is 2.21. The number of carbonyl (C=O) groups excluding carboxylic acids is 1. The summed E-state index contributed by atoms with van der Waals surface area (Å²) in [5.74, 6) is -4.88. The smallest absolute Gasteiger partial charge is 1.00 e. The largest absolute Gasteiger partial charge is 1.00 e. The number of hydrogen-bond donors (Lipinski definition) is 5. The molecule has 0 fully saturated rings. The van der Waals surface area contributed by atoms with Crippen LogP contribution in [-0.4, -0.2) is 65.6 Å². The Balaban J connectivity index is -0.00000220. The number of carboxylic acid groups (broad SMARTS) is 2. The summed E-state index contributed by atoms with van der Waals surface area (Å²) in [7, 11) is 0. The van der Waals surface area contributed by atoms with E-state index in [4.69, 9.17) is 10.2 Å². The van der Waals surface area contributed by atoms with Crippen LogP contribution in [0.3, 0.4) is 0 Å². The van der Waals surface area contributed by atoms with Crippen LogP contribution in [0, 0.1) is 0 Å². The van der Waals surface area contributed by atoms with Gasteiger partial charge in [-0.25, -0.2) is 4.79 Å². The van der Waals surface area contributed by atoms with Gasteiger partial charge >= 0.3 is 47.5 Å². The minimum absolute atomic E-state index is 0. The van der Waals surface area contributed by atoms with Crippen molar-refractivity contribution in [1.82, 2.24) is 5.06 Å². The first-order valence-corrected chi connectivity index (χ1v) is 6.23. The number of carbonyl (C=O) groups is 3. The average molecular weight is 347 g/mol. The van der Waals surface area contributed by atoms with Gasteiger partial charge in [0.25, 0.3) is 0 Å². The number of aliphatic hydroxyl groups is 3. The van der Waals surface area contributed by atoms with Crippen LogP contribution >= 0.6 is 0 Å². The van der Waals surface area contributed by atoms with E-state index in [1.165, 1.54) is 27.7 Å². The standard InChI is InChI=1S/C12H21NO9.Na.H/c1-10(2,19)13(11(3,4)20)22-8(16)6-12(21,9(17)18)5-7(14)15;;/h19-21H,5-6H2,1-4H3,(H,14,15)(H,17,18);;/q;+1;-1. The molecule has 0 bridgehead atoms. The summed E-state index contributed by atoms with van der Waals surface area (Å²) in [6, 6.07) is 0. The Morgan fingerprint density at radius 3 is 1.61 bits per heavy atom. The molecule has 0 aliphatic carbocycles. The first kappa shape index (κ1) is 24.5. The third kappa shape index (κ3) is 8.06. The van der Waals surface area contributed by atoms with E-state index < -0.39 is 47.8 Å². The molecule has 0 aliphatic rings. The van der Waals surface area contributed by atoms with Crippen molar-refractivity contribution in [3.8, 4) is 0 Å². The Labute approximate surface area is 156 Å². The zero-order valence-corrected chi connectivity index (χ0v) is 15.7. The first-order valence-electron chi connectivity index (χ1n) is 6.23. The Morgan fingerprint density at radius 2 is 1.35 bits per heavy atom. The van der Waals surface area contributed by atoms with Gasteiger partial charge in [0.05, 0.1) is 12.8 Å². The number of carboxylic acids is 2. The second kappa shape index (κ2) is 8.38. The molecule has 0 spiro atoms. The van der Waals surface area contributed by atoms with E-state index in [1.54, 1.807) is 0 Å². The van der Waals surface area contributed by atoms with Gasteiger partial charge in [-0.3, -0.25) is 9.59 Å². The second-order valence-electron chi connectivity index (χ2n) is 5.83. The molecular weight excluding hydrogens is 325 g/mol. The van der Waals surface area contributed by atoms with E-state index in [9.17, 15) is 29.7 Å². The van der Waals surface area contributed by atoms with Gasteiger partial charge in [-0.1, -0.05) is 5.06 Å². The van der Waals surface area contributed by atoms with Gasteiger partial charge in [0, 0.05) is 0 Å². The van der Waals surface area contributed by atoms with Gasteiger partial charge in [0.15, 0.2) is 5.60 Å². The SMILES string of the molecule is CC(C)(O)N(OC(=O)CC(O)(CC(=O)O)C(=O)O)C(C)(C)O.[H-].[Na+]. The predicted octanol–water partition coefficient (Wildman–Crippen LogP) is -4.00. The number of nitrogens with zero attached hydrogens (tertiary/aromatic N) is 1. The fraction of sp³-hybridized carbons (Fsp3) is 0.750. The Morgan fingerprint density at radius 1 is 0.957 bits per heavy atom. The maximum atomic E-state index is 11.7. The van der Waals surface area contributed by atoms with Crippen molar-refractivity contribution in [1.29, 1.82) is 0 Å². The maximum absolute atomic E-state index is 11.7. The topological polar surface area (TPSA) is 165 Å². The first-order chi connectivity index (χ1) is 9.59. The van der Waals surface area contributed by atoms with Crippen molar-refractivity contribution in [2.45, 2.75) is 57.6 Å². The molecule has 0 rings (SSSR count). The Kier molecular flexibility index (Phi) is 8.93. The number of hydrogen-bond acceptors (Lipinski definition) is 8. The van der Waals surface area contributed by atoms with Crippen molar-refractivity contribution in [2.24, 2.45) is 0 Å². The van der Waals surface area contributed by atoms with Crippen molar-refractivity contribution in [3.05, 3.63) is 0 Å². The molecule has 0 amide bonds. The zero-order valence-electron chi connectivity index (χ0n) is 14.7. The van der Waals surface area contributed by atoms with Crippen LogP contribution in [0.1, 0.15) is 42.0 Å². The van der Waals surface area contributed by atoms with Crippen LogP contribution in [0.2, 0.25) is 0 Å². The summed E-state index contributed by atoms with van der Waals surface area (Å²) < 4.78 is 0. The van der Waals surface area contributed by atoms with E-state index in [0.717, 1.165) is 0 Å². The molecule has 0 aromatic heterocycles. The van der Waals surface area contributed by atoms with Crippen LogP contribution in [0.4, 0.5) is 0 Å². The van der Waals surface area contributed by atoms with Gasteiger partial charge in [0.2, 0.25) is 0 Å². The predicted molar refractivity (Wildman–Crippen MR) is 71.1 cm³/mol. The fourth-order valence-electron chi connectivity index (χ4n) is 1.73. The molecule has 0 radical (unpaired) electrons. The minimum atomic E-state index is -2.87. The van der Waals surface area contributed by atoms with Crippen LogP contribution in [0.15, 0.2) is 0 Å². The van der Waals surface area contributed by atoms with Crippen molar-refractivity contribution >= 4 is 17.9 Å². The Bertz CT molecular complexity index is 446. The molecule has 0 heterocycles. The zero-order chi connectivity index (χ0) is 17.9. The van der Waals surface area contributed by atoms with Crippen LogP contribution < -0.4 is 29.6 Å². The number of aliphatic carboxylic acids is 2. The summed E-state index contributed by atoms with van der Waals surface area (Å²) in [5.41, 5.74) is -6.50. The molecule has 0 aromatic rings. The molecule has 1 unspecified atom stereocenters. The fourth-order valence-corrected chi connectivity index (χ4v) is 1.73. The summed E-state index contributed by atoms with van der Waals surface area (Å²) >= 11 is 0. The van der Waals surface area contributed by atoms with Gasteiger partial charge in [0.1, 0.15) is 11.4 Å². The molecule has 0 aliphatic heterocycles. The molecule has 130 valence electrons. The van der Waals surface area contributed by atoms with E-state index in [-0.39, 0.29) is 31.0 Å². The van der Waals surface area contributed by atoms with Crippen LogP contribution in [0.25, 0.3) is 0 Å². The molecule has 11 heteroatoms. The Hall–Kier alpha value is -0.750. The molecule has 0 aromatic carbocycles. The van der Waals surface area contributed by atoms with E-state index in [1.807, 2.05) is 0 Å². The number of hydroxylamine groups is 2. The van der Waals surface area contributed by atoms with Gasteiger partial charge in [-0.05, 0) is 27.7 Å². The molecule has 10 nitrogen and oxygen atoms in total. The molecule has 0 saturated carbocycles. The molecular formula is C12H22NNaO9. The third-order valence-corrected chi connectivity index (χ3v) is 2.47. The molecule has 5 N–H and O–H groups in total. The third-order valence-electron chi connectivity index (χ3n) is 2.47. The van der Waals surface area contributed by atoms with Crippen LogP contribution in [-0.2, 0) is 19.2 Å². The summed E-state index contributed by atoms with van der Waals surface area (Å²) in [4.78, 5) is 37.9. The van der Waals surface area contributed by atoms with Gasteiger partial charge in [-0.2, -0.15) is 0 Å². The quantitative estimate of drug-likeness (QED) is 0.166. The van der Waals surface area contributed by atoms with Gasteiger partial charge < -0.3 is 31.8 Å². The molecule has 0 saturated heterocycles. The second-order valence-corrected chi connectivity index (χ2v) is 5.83. The van der Waals surface area contributed by atoms with E-state index in [0.29, 0.717) is 5.06 Å². The molecule has 1 atom stereocenters. The van der Waals surface area contributed by atoms with E-state index in [2.05, 4.69) is 4.84 Å². The van der Waals surface area contributed by atoms with Crippen molar-refractivity contribution in [2.75, 3.05) is 0 Å². The monoisotopic (exact) mass is 347 g/mol. The minimum Gasteiger partial charge on any atom is -1.00 e. The summed E-state index contributed by atoms with van der Waals surface area (Å²) in [6.45, 7) is 4.77. The summed E-state index contributed by atoms with van der Waals surface area (Å²) in [5, 5.41) is 47.3. The maximum Gasteiger partial charge on any atom is 1.00 e.